The van der Waals surface area contributed by atoms with Gasteiger partial charge >= 0.3 is 5.97 Å². The molecule has 0 bridgehead atoms. The van der Waals surface area contributed by atoms with Crippen LogP contribution in [0.4, 0.5) is 5.82 Å². The molecule has 1 heterocycles. The highest BCUT2D eigenvalue weighted by atomic mass is 16.5. The Kier molecular flexibility index (Phi) is 5.78. The minimum atomic E-state index is -0.0943. The molecule has 6 nitrogen and oxygen atoms in total. The molecule has 0 saturated heterocycles. The van der Waals surface area contributed by atoms with Crippen molar-refractivity contribution in [1.29, 1.82) is 0 Å². The van der Waals surface area contributed by atoms with E-state index >= 15 is 0 Å². The van der Waals surface area contributed by atoms with Crippen LogP contribution in [0, 0.1) is 5.92 Å². The average Bonchev–Trinajstić information content (AvgIpc) is 2.53. The van der Waals surface area contributed by atoms with Gasteiger partial charge in [0.25, 0.3) is 0 Å². The lowest BCUT2D eigenvalue weighted by Gasteiger charge is -2.27. The van der Waals surface area contributed by atoms with Gasteiger partial charge in [0, 0.05) is 6.04 Å². The van der Waals surface area contributed by atoms with Crippen LogP contribution in [0.1, 0.15) is 39.0 Å². The summed E-state index contributed by atoms with van der Waals surface area (Å²) < 4.78 is 10.3. The van der Waals surface area contributed by atoms with E-state index in [0.717, 1.165) is 37.9 Å². The van der Waals surface area contributed by atoms with Crippen molar-refractivity contribution in [3.05, 3.63) is 12.4 Å². The average molecular weight is 293 g/mol. The number of anilines is 1. The molecule has 1 aromatic heterocycles. The lowest BCUT2D eigenvalue weighted by Crippen LogP contribution is -2.30. The number of nitrogens with zero attached hydrogens (tertiary/aromatic N) is 2. The van der Waals surface area contributed by atoms with Gasteiger partial charge in [-0.05, 0) is 32.1 Å². The molecule has 116 valence electrons. The summed E-state index contributed by atoms with van der Waals surface area (Å²) in [4.78, 5) is 20.0. The van der Waals surface area contributed by atoms with Crippen molar-refractivity contribution in [2.45, 2.75) is 45.1 Å². The van der Waals surface area contributed by atoms with Crippen molar-refractivity contribution in [3.8, 4) is 5.88 Å². The first-order valence-electron chi connectivity index (χ1n) is 7.52. The SMILES string of the molecule is CCCOc1cncc(NC2CCC(C(=O)OC)CC2)n1. The van der Waals surface area contributed by atoms with Crippen molar-refractivity contribution in [1.82, 2.24) is 9.97 Å². The number of methoxy groups -OCH3 is 1. The molecule has 1 N–H and O–H groups in total. The Balaban J connectivity index is 1.84. The van der Waals surface area contributed by atoms with Crippen molar-refractivity contribution in [3.63, 3.8) is 0 Å². The summed E-state index contributed by atoms with van der Waals surface area (Å²) in [5.74, 6) is 1.22. The van der Waals surface area contributed by atoms with E-state index in [2.05, 4.69) is 22.2 Å². The van der Waals surface area contributed by atoms with Gasteiger partial charge in [0.2, 0.25) is 5.88 Å². The van der Waals surface area contributed by atoms with Crippen LogP contribution in [0.3, 0.4) is 0 Å². The second kappa shape index (κ2) is 7.81. The van der Waals surface area contributed by atoms with Gasteiger partial charge in [-0.3, -0.25) is 9.78 Å². The lowest BCUT2D eigenvalue weighted by molar-refractivity contribution is -0.146. The van der Waals surface area contributed by atoms with Crippen molar-refractivity contribution >= 4 is 11.8 Å². The molecule has 6 heteroatoms. The third-order valence-corrected chi connectivity index (χ3v) is 3.68. The molecular formula is C15H23N3O3. The maximum Gasteiger partial charge on any atom is 0.308 e. The fourth-order valence-electron chi connectivity index (χ4n) is 2.54. The molecule has 0 amide bonds. The molecule has 0 radical (unpaired) electrons. The number of hydrogen-bond donors (Lipinski definition) is 1. The second-order valence-electron chi connectivity index (χ2n) is 5.31. The van der Waals surface area contributed by atoms with Crippen molar-refractivity contribution in [2.24, 2.45) is 5.92 Å². The molecule has 0 aliphatic heterocycles. The topological polar surface area (TPSA) is 73.3 Å². The van der Waals surface area contributed by atoms with Gasteiger partial charge in [-0.2, -0.15) is 4.98 Å². The van der Waals surface area contributed by atoms with E-state index in [4.69, 9.17) is 9.47 Å². The summed E-state index contributed by atoms with van der Waals surface area (Å²) in [5, 5.41) is 3.37. The molecule has 0 atom stereocenters. The van der Waals surface area contributed by atoms with Crippen LogP contribution in [0.5, 0.6) is 5.88 Å². The van der Waals surface area contributed by atoms with Gasteiger partial charge in [-0.1, -0.05) is 6.92 Å². The minimum absolute atomic E-state index is 0.0401. The maximum atomic E-state index is 11.5. The Morgan fingerprint density at radius 1 is 1.33 bits per heavy atom. The van der Waals surface area contributed by atoms with Crippen LogP contribution < -0.4 is 10.1 Å². The Morgan fingerprint density at radius 2 is 2.10 bits per heavy atom. The first kappa shape index (κ1) is 15.5. The van der Waals surface area contributed by atoms with Crippen LogP contribution in [-0.2, 0) is 9.53 Å². The normalized spacial score (nSPS) is 21.6. The van der Waals surface area contributed by atoms with Crippen LogP contribution in [0.2, 0.25) is 0 Å². The highest BCUT2D eigenvalue weighted by Gasteiger charge is 2.26. The fraction of sp³-hybridized carbons (Fsp3) is 0.667. The monoisotopic (exact) mass is 293 g/mol. The Labute approximate surface area is 125 Å². The maximum absolute atomic E-state index is 11.5. The number of rotatable bonds is 6. The summed E-state index contributed by atoms with van der Waals surface area (Å²) in [7, 11) is 1.45. The van der Waals surface area contributed by atoms with E-state index in [1.165, 1.54) is 7.11 Å². The van der Waals surface area contributed by atoms with Crippen LogP contribution in [0.25, 0.3) is 0 Å². The second-order valence-corrected chi connectivity index (χ2v) is 5.31. The number of aromatic nitrogens is 2. The van der Waals surface area contributed by atoms with E-state index in [-0.39, 0.29) is 11.9 Å². The molecule has 0 aromatic carbocycles. The molecule has 1 aromatic rings. The number of nitrogens with one attached hydrogen (secondary N) is 1. The number of esters is 1. The molecule has 1 aliphatic rings. The van der Waals surface area contributed by atoms with E-state index < -0.39 is 0 Å². The molecule has 21 heavy (non-hydrogen) atoms. The van der Waals surface area contributed by atoms with Crippen molar-refractivity contribution < 1.29 is 14.3 Å². The summed E-state index contributed by atoms with van der Waals surface area (Å²) in [6.45, 7) is 2.69. The number of carbonyl (C=O) groups excluding carboxylic acids is 1. The quantitative estimate of drug-likeness (QED) is 0.812. The van der Waals surface area contributed by atoms with Gasteiger partial charge in [-0.15, -0.1) is 0 Å². The highest BCUT2D eigenvalue weighted by Crippen LogP contribution is 2.27. The Bertz CT molecular complexity index is 459. The number of ether oxygens (including phenoxy) is 2. The van der Waals surface area contributed by atoms with Gasteiger partial charge < -0.3 is 14.8 Å². The zero-order chi connectivity index (χ0) is 15.1. The molecule has 1 aliphatic carbocycles. The van der Waals surface area contributed by atoms with E-state index in [1.807, 2.05) is 0 Å². The standard InChI is InChI=1S/C15H23N3O3/c1-3-8-21-14-10-16-9-13(18-14)17-12-6-4-11(5-7-12)15(19)20-2/h9-12H,3-8H2,1-2H3,(H,17,18). The van der Waals surface area contributed by atoms with E-state index in [1.54, 1.807) is 12.4 Å². The third kappa shape index (κ3) is 4.58. The molecule has 0 spiro atoms. The fourth-order valence-corrected chi connectivity index (χ4v) is 2.54. The molecule has 0 unspecified atom stereocenters. The predicted octanol–water partition coefficient (Wildman–Crippen LogP) is 2.41. The largest absolute Gasteiger partial charge is 0.477 e. The third-order valence-electron chi connectivity index (χ3n) is 3.68. The number of carbonyl (C=O) groups is 1. The zero-order valence-corrected chi connectivity index (χ0v) is 12.7. The molecule has 1 fully saturated rings. The van der Waals surface area contributed by atoms with Crippen LogP contribution in [-0.4, -0.2) is 35.7 Å². The van der Waals surface area contributed by atoms with Crippen molar-refractivity contribution in [2.75, 3.05) is 19.0 Å². The molecular weight excluding hydrogens is 270 g/mol. The van der Waals surface area contributed by atoms with Gasteiger partial charge in [-0.25, -0.2) is 0 Å². The minimum Gasteiger partial charge on any atom is -0.477 e. The molecule has 1 saturated carbocycles. The Morgan fingerprint density at radius 3 is 2.76 bits per heavy atom. The predicted molar refractivity (Wildman–Crippen MR) is 79.2 cm³/mol. The van der Waals surface area contributed by atoms with Crippen LogP contribution >= 0.6 is 0 Å². The summed E-state index contributed by atoms with van der Waals surface area (Å²) >= 11 is 0. The van der Waals surface area contributed by atoms with E-state index in [0.29, 0.717) is 18.5 Å². The van der Waals surface area contributed by atoms with Gasteiger partial charge in [0.05, 0.1) is 32.0 Å². The first-order valence-corrected chi connectivity index (χ1v) is 7.52. The van der Waals surface area contributed by atoms with E-state index in [9.17, 15) is 4.79 Å². The zero-order valence-electron chi connectivity index (χ0n) is 12.7. The first-order chi connectivity index (χ1) is 10.2. The van der Waals surface area contributed by atoms with Crippen LogP contribution in [0.15, 0.2) is 12.4 Å². The number of hydrogen-bond acceptors (Lipinski definition) is 6. The smallest absolute Gasteiger partial charge is 0.308 e. The summed E-state index contributed by atoms with van der Waals surface area (Å²) in [6.07, 6.45) is 7.83. The Hall–Kier alpha value is -1.85. The summed E-state index contributed by atoms with van der Waals surface area (Å²) in [6, 6.07) is 0.321. The highest BCUT2D eigenvalue weighted by molar-refractivity contribution is 5.72. The molecule has 2 rings (SSSR count). The summed E-state index contributed by atoms with van der Waals surface area (Å²) in [5.41, 5.74) is 0. The lowest BCUT2D eigenvalue weighted by atomic mass is 9.86. The van der Waals surface area contributed by atoms with Gasteiger partial charge in [0.15, 0.2) is 0 Å². The van der Waals surface area contributed by atoms with Gasteiger partial charge in [0.1, 0.15) is 5.82 Å².